The van der Waals surface area contributed by atoms with Gasteiger partial charge in [0.05, 0.1) is 17.3 Å². The summed E-state index contributed by atoms with van der Waals surface area (Å²) in [6, 6.07) is 5.99. The fraction of sp³-hybridized carbons (Fsp3) is 0.756. The van der Waals surface area contributed by atoms with Crippen molar-refractivity contribution >= 4 is 17.8 Å². The van der Waals surface area contributed by atoms with Crippen molar-refractivity contribution in [1.29, 1.82) is 0 Å². The molecule has 1 heterocycles. The first-order valence-electron chi connectivity index (χ1n) is 20.6. The minimum absolute atomic E-state index is 0.0993. The van der Waals surface area contributed by atoms with Crippen LogP contribution in [0.4, 0.5) is 0 Å². The Morgan fingerprint density at radius 3 is 2.30 bits per heavy atom. The van der Waals surface area contributed by atoms with E-state index in [-0.39, 0.29) is 51.4 Å². The van der Waals surface area contributed by atoms with Gasteiger partial charge in [0.15, 0.2) is 11.5 Å². The molecule has 10 atom stereocenters. The summed E-state index contributed by atoms with van der Waals surface area (Å²) in [5, 5.41) is 13.0. The van der Waals surface area contributed by atoms with Gasteiger partial charge in [0, 0.05) is 12.0 Å². The van der Waals surface area contributed by atoms with Gasteiger partial charge in [-0.2, -0.15) is 0 Å². The van der Waals surface area contributed by atoms with Gasteiger partial charge in [0.25, 0.3) is 0 Å². The van der Waals surface area contributed by atoms with Gasteiger partial charge in [0.2, 0.25) is 5.91 Å². The third-order valence-electron chi connectivity index (χ3n) is 17.0. The van der Waals surface area contributed by atoms with Crippen molar-refractivity contribution in [3.8, 4) is 11.5 Å². The summed E-state index contributed by atoms with van der Waals surface area (Å²) in [6.45, 7) is 23.8. The molecule has 1 aromatic rings. The van der Waals surface area contributed by atoms with Gasteiger partial charge in [-0.15, -0.1) is 0 Å². The van der Waals surface area contributed by atoms with Crippen molar-refractivity contribution in [3.63, 3.8) is 0 Å². The number of carboxylic acids is 1. The summed E-state index contributed by atoms with van der Waals surface area (Å²) < 4.78 is 17.7. The minimum atomic E-state index is -1.15. The number of hydrogen-bond donors (Lipinski definition) is 2. The van der Waals surface area contributed by atoms with Gasteiger partial charge in [-0.25, -0.2) is 0 Å². The van der Waals surface area contributed by atoms with Crippen LogP contribution >= 0.6 is 0 Å². The Labute approximate surface area is 317 Å². The normalized spacial score (nSPS) is 39.7. The smallest absolute Gasteiger partial charge is 0.309 e. The summed E-state index contributed by atoms with van der Waals surface area (Å²) in [6.07, 6.45) is 9.91. The summed E-state index contributed by atoms with van der Waals surface area (Å²) in [5.74, 6) is 2.36. The molecule has 292 valence electrons. The van der Waals surface area contributed by atoms with Gasteiger partial charge in [-0.1, -0.05) is 52.8 Å². The number of fused-ring (bicyclic) bond motifs is 8. The van der Waals surface area contributed by atoms with Crippen LogP contribution in [0.3, 0.4) is 0 Å². The Hall–Kier alpha value is -3.03. The van der Waals surface area contributed by atoms with E-state index in [9.17, 15) is 19.5 Å². The van der Waals surface area contributed by atoms with Crippen LogP contribution in [-0.2, 0) is 25.7 Å². The van der Waals surface area contributed by atoms with E-state index in [4.69, 9.17) is 14.2 Å². The Bertz CT molecular complexity index is 1670. The van der Waals surface area contributed by atoms with E-state index in [0.717, 1.165) is 81.3 Å². The van der Waals surface area contributed by atoms with E-state index in [1.807, 2.05) is 18.2 Å². The molecule has 0 saturated heterocycles. The highest BCUT2D eigenvalue weighted by atomic mass is 16.6. The fourth-order valence-corrected chi connectivity index (χ4v) is 13.9. The lowest BCUT2D eigenvalue weighted by Gasteiger charge is -2.72. The molecule has 1 aliphatic heterocycles. The molecule has 0 radical (unpaired) electrons. The van der Waals surface area contributed by atoms with E-state index >= 15 is 0 Å². The molecule has 1 aromatic carbocycles. The molecule has 8 nitrogen and oxygen atoms in total. The van der Waals surface area contributed by atoms with Crippen LogP contribution in [0.5, 0.6) is 11.5 Å². The van der Waals surface area contributed by atoms with E-state index in [2.05, 4.69) is 53.4 Å². The van der Waals surface area contributed by atoms with Gasteiger partial charge in [-0.3, -0.25) is 14.4 Å². The number of aliphatic carboxylic acids is 1. The highest BCUT2D eigenvalue weighted by Crippen LogP contribution is 2.77. The summed E-state index contributed by atoms with van der Waals surface area (Å²) >= 11 is 0. The highest BCUT2D eigenvalue weighted by Gasteiger charge is 2.72. The molecule has 0 bridgehead atoms. The minimum Gasteiger partial charge on any atom is -0.486 e. The summed E-state index contributed by atoms with van der Waals surface area (Å²) in [5.41, 5.74) is 0.828. The van der Waals surface area contributed by atoms with Crippen LogP contribution in [0.25, 0.3) is 0 Å². The molecule has 8 heteroatoms. The van der Waals surface area contributed by atoms with Gasteiger partial charge in [0.1, 0.15) is 19.3 Å². The highest BCUT2D eigenvalue weighted by molar-refractivity contribution is 5.84. The summed E-state index contributed by atoms with van der Waals surface area (Å²) in [7, 11) is 0. The number of amides is 1. The number of carboxylic acid groups (broad SMARTS) is 1. The second-order valence-corrected chi connectivity index (χ2v) is 20.2. The number of benzene rings is 1. The van der Waals surface area contributed by atoms with Crippen LogP contribution in [0, 0.1) is 62.1 Å². The van der Waals surface area contributed by atoms with Crippen molar-refractivity contribution in [1.82, 2.24) is 5.32 Å². The molecule has 5 aliphatic carbocycles. The number of nitrogens with one attached hydrogen (secondary N) is 1. The third-order valence-corrected chi connectivity index (χ3v) is 17.0. The molecule has 5 fully saturated rings. The molecule has 5 saturated carbocycles. The predicted molar refractivity (Wildman–Crippen MR) is 204 cm³/mol. The largest absolute Gasteiger partial charge is 0.486 e. The molecule has 53 heavy (non-hydrogen) atoms. The zero-order chi connectivity index (χ0) is 38.4. The maximum absolute atomic E-state index is 14.6. The standard InChI is InChI=1S/C45H65NO7/c1-27(2)29-14-19-45(38(48)46-26-28-10-12-31-32(24-28)52-23-22-51-31)21-20-43(8)30(37(29)45)11-13-34-42(7)17-16-35(53-36(47)25-40(3,4)39(49)50)41(5,6)33(42)15-18-44(34,43)9/h10,12,24,29-30,33-35,37H,1,11,13-23,25-26H2,2-9H3,(H,46,48)(H,49,50)/t29-,30+,33-,34+,35-,37+,42-,43+,44+,45-/m0/s1. The maximum Gasteiger partial charge on any atom is 0.309 e. The predicted octanol–water partition coefficient (Wildman–Crippen LogP) is 9.14. The number of ether oxygens (including phenoxy) is 3. The van der Waals surface area contributed by atoms with E-state index in [1.54, 1.807) is 13.8 Å². The summed E-state index contributed by atoms with van der Waals surface area (Å²) in [4.78, 5) is 39.5. The average molecular weight is 732 g/mol. The van der Waals surface area contributed by atoms with Crippen molar-refractivity contribution in [2.24, 2.45) is 62.1 Å². The monoisotopic (exact) mass is 731 g/mol. The zero-order valence-corrected chi connectivity index (χ0v) is 33.7. The first-order valence-corrected chi connectivity index (χ1v) is 20.6. The van der Waals surface area contributed by atoms with E-state index in [1.165, 1.54) is 5.57 Å². The molecule has 0 aromatic heterocycles. The lowest BCUT2D eigenvalue weighted by Crippen LogP contribution is -2.67. The van der Waals surface area contributed by atoms with Crippen molar-refractivity contribution < 1.29 is 33.7 Å². The molecule has 6 aliphatic rings. The first-order chi connectivity index (χ1) is 24.8. The lowest BCUT2D eigenvalue weighted by molar-refractivity contribution is -0.249. The van der Waals surface area contributed by atoms with Gasteiger partial charge < -0.3 is 24.6 Å². The van der Waals surface area contributed by atoms with Crippen LogP contribution in [0.15, 0.2) is 30.4 Å². The number of carbonyl (C=O) groups excluding carboxylic acids is 2. The van der Waals surface area contributed by atoms with Crippen LogP contribution in [0.1, 0.15) is 132 Å². The molecular weight excluding hydrogens is 666 g/mol. The SMILES string of the molecule is C=C(C)[C@@H]1CC[C@]2(C(=O)NCc3ccc4c(c3)OCCO4)CC[C@]3(C)[C@H](CC[C@@H]4[C@@]5(C)CC[C@H](OC(=O)CC(C)(C)C(=O)O)C(C)(C)[C@@H]5CC[C@]43C)[C@@H]12. The molecular formula is C45H65NO7. The number of hydrogen-bond acceptors (Lipinski definition) is 6. The lowest BCUT2D eigenvalue weighted by atomic mass is 9.32. The Balaban J connectivity index is 1.12. The maximum atomic E-state index is 14.6. The molecule has 2 N–H and O–H groups in total. The van der Waals surface area contributed by atoms with E-state index in [0.29, 0.717) is 43.4 Å². The molecule has 1 amide bonds. The third kappa shape index (κ3) is 5.84. The number of rotatable bonds is 8. The van der Waals surface area contributed by atoms with Crippen molar-refractivity contribution in [3.05, 3.63) is 35.9 Å². The second-order valence-electron chi connectivity index (χ2n) is 20.2. The van der Waals surface area contributed by atoms with Gasteiger partial charge >= 0.3 is 11.9 Å². The number of allylic oxidation sites excluding steroid dienone is 1. The first kappa shape index (κ1) is 38.3. The molecule has 7 rings (SSSR count). The van der Waals surface area contributed by atoms with Crippen LogP contribution in [-0.4, -0.2) is 42.3 Å². The zero-order valence-electron chi connectivity index (χ0n) is 33.7. The van der Waals surface area contributed by atoms with Crippen molar-refractivity contribution in [2.75, 3.05) is 13.2 Å². The Morgan fingerprint density at radius 2 is 1.60 bits per heavy atom. The topological polar surface area (TPSA) is 111 Å². The average Bonchev–Trinajstić information content (AvgIpc) is 3.50. The van der Waals surface area contributed by atoms with Gasteiger partial charge in [-0.05, 0) is 149 Å². The number of esters is 1. The van der Waals surface area contributed by atoms with Crippen molar-refractivity contribution in [2.45, 2.75) is 139 Å². The van der Waals surface area contributed by atoms with E-state index < -0.39 is 17.4 Å². The Morgan fingerprint density at radius 1 is 0.887 bits per heavy atom. The second kappa shape index (κ2) is 13.0. The number of carbonyl (C=O) groups is 3. The van der Waals surface area contributed by atoms with Crippen LogP contribution in [0.2, 0.25) is 0 Å². The quantitative estimate of drug-likeness (QED) is 0.203. The molecule has 0 unspecified atom stereocenters. The Kier molecular flexibility index (Phi) is 9.41. The molecule has 0 spiro atoms. The fourth-order valence-electron chi connectivity index (χ4n) is 13.9. The van der Waals surface area contributed by atoms with Crippen LogP contribution < -0.4 is 14.8 Å².